The van der Waals surface area contributed by atoms with Crippen molar-refractivity contribution >= 4 is 17.6 Å². The van der Waals surface area contributed by atoms with Crippen molar-refractivity contribution in [2.75, 3.05) is 20.3 Å². The molecule has 9 nitrogen and oxygen atoms in total. The summed E-state index contributed by atoms with van der Waals surface area (Å²) in [6.07, 6.45) is -0.00739. The van der Waals surface area contributed by atoms with Crippen LogP contribution in [0.15, 0.2) is 35.5 Å². The van der Waals surface area contributed by atoms with E-state index >= 15 is 0 Å². The summed E-state index contributed by atoms with van der Waals surface area (Å²) in [4.78, 5) is 36.4. The Hall–Kier alpha value is -2.94. The van der Waals surface area contributed by atoms with Crippen LogP contribution in [0.1, 0.15) is 38.7 Å². The quantitative estimate of drug-likeness (QED) is 0.400. The molecule has 9 heteroatoms. The van der Waals surface area contributed by atoms with E-state index in [1.807, 2.05) is 0 Å². The van der Waals surface area contributed by atoms with E-state index in [1.165, 1.54) is 25.1 Å². The summed E-state index contributed by atoms with van der Waals surface area (Å²) >= 11 is 0. The number of nitro groups is 1. The Labute approximate surface area is 168 Å². The van der Waals surface area contributed by atoms with Gasteiger partial charge in [0.1, 0.15) is 0 Å². The van der Waals surface area contributed by atoms with Gasteiger partial charge in [-0.25, -0.2) is 4.79 Å². The number of carbonyl (C=O) groups is 2. The zero-order chi connectivity index (χ0) is 21.8. The van der Waals surface area contributed by atoms with Crippen molar-refractivity contribution in [1.82, 2.24) is 5.32 Å². The van der Waals surface area contributed by atoms with E-state index in [0.717, 1.165) is 0 Å². The summed E-state index contributed by atoms with van der Waals surface area (Å²) in [6, 6.07) is 5.67. The average Bonchev–Trinajstić information content (AvgIpc) is 2.66. The number of benzene rings is 1. The molecule has 0 aliphatic heterocycles. The van der Waals surface area contributed by atoms with Crippen LogP contribution in [-0.4, -0.2) is 47.8 Å². The number of aliphatic hydroxyl groups is 1. The highest BCUT2D eigenvalue weighted by Crippen LogP contribution is 2.47. The van der Waals surface area contributed by atoms with E-state index in [-0.39, 0.29) is 30.9 Å². The maximum atomic E-state index is 12.8. The minimum Gasteiger partial charge on any atom is -0.466 e. The number of nitro benzene ring substituents is 1. The van der Waals surface area contributed by atoms with Gasteiger partial charge >= 0.3 is 11.9 Å². The minimum absolute atomic E-state index is 0.00739. The van der Waals surface area contributed by atoms with Gasteiger partial charge in [-0.1, -0.05) is 12.1 Å². The lowest BCUT2D eigenvalue weighted by Gasteiger charge is -2.42. The lowest BCUT2D eigenvalue weighted by Crippen LogP contribution is -2.50. The predicted molar refractivity (Wildman–Crippen MR) is 104 cm³/mol. The van der Waals surface area contributed by atoms with Crippen molar-refractivity contribution in [1.29, 1.82) is 0 Å². The van der Waals surface area contributed by atoms with E-state index in [0.29, 0.717) is 11.3 Å². The van der Waals surface area contributed by atoms with Crippen molar-refractivity contribution in [3.63, 3.8) is 0 Å². The molecule has 2 N–H and O–H groups in total. The number of non-ortho nitro benzene ring substituents is 1. The molecule has 0 bridgehead atoms. The highest BCUT2D eigenvalue weighted by Gasteiger charge is 2.52. The van der Waals surface area contributed by atoms with Gasteiger partial charge in [0.25, 0.3) is 5.69 Å². The highest BCUT2D eigenvalue weighted by atomic mass is 16.6. The third-order valence-corrected chi connectivity index (χ3v) is 4.95. The van der Waals surface area contributed by atoms with Gasteiger partial charge in [-0.05, 0) is 26.3 Å². The van der Waals surface area contributed by atoms with Crippen molar-refractivity contribution in [3.05, 3.63) is 51.2 Å². The number of ether oxygens (including phenoxy) is 2. The lowest BCUT2D eigenvalue weighted by molar-refractivity contribution is -0.384. The Morgan fingerprint density at radius 2 is 1.97 bits per heavy atom. The van der Waals surface area contributed by atoms with E-state index < -0.39 is 34.3 Å². The van der Waals surface area contributed by atoms with Crippen LogP contribution < -0.4 is 5.32 Å². The molecule has 1 aromatic rings. The molecule has 1 aliphatic carbocycles. The van der Waals surface area contributed by atoms with Crippen LogP contribution in [0.5, 0.6) is 0 Å². The summed E-state index contributed by atoms with van der Waals surface area (Å²) in [5.74, 6) is -3.48. The molecule has 1 aromatic carbocycles. The fraction of sp³-hybridized carbons (Fsp3) is 0.500. The van der Waals surface area contributed by atoms with Crippen LogP contribution in [0.3, 0.4) is 0 Å². The Kier molecular flexibility index (Phi) is 6.97. The Balaban J connectivity index is 2.77. The number of carbonyl (C=O) groups excluding carboxylic acids is 2. The van der Waals surface area contributed by atoms with Gasteiger partial charge < -0.3 is 19.9 Å². The fourth-order valence-electron chi connectivity index (χ4n) is 3.77. The summed E-state index contributed by atoms with van der Waals surface area (Å²) in [6.45, 7) is 4.98. The summed E-state index contributed by atoms with van der Waals surface area (Å²) in [5.41, 5.74) is -0.849. The summed E-state index contributed by atoms with van der Waals surface area (Å²) in [5, 5.41) is 25.3. The van der Waals surface area contributed by atoms with Gasteiger partial charge in [0.15, 0.2) is 0 Å². The first-order valence-corrected chi connectivity index (χ1v) is 9.39. The number of nitrogens with one attached hydrogen (secondary N) is 1. The topological polar surface area (TPSA) is 128 Å². The van der Waals surface area contributed by atoms with Crippen LogP contribution in [0.4, 0.5) is 5.69 Å². The molecule has 0 heterocycles. The molecule has 29 heavy (non-hydrogen) atoms. The molecule has 0 fully saturated rings. The molecule has 1 aliphatic rings. The van der Waals surface area contributed by atoms with Crippen molar-refractivity contribution < 1.29 is 29.1 Å². The lowest BCUT2D eigenvalue weighted by atomic mass is 9.66. The number of hydrogen-bond donors (Lipinski definition) is 2. The van der Waals surface area contributed by atoms with Crippen LogP contribution in [-0.2, 0) is 19.1 Å². The first kappa shape index (κ1) is 22.4. The van der Waals surface area contributed by atoms with E-state index in [9.17, 15) is 24.8 Å². The molecule has 158 valence electrons. The number of hydrogen-bond acceptors (Lipinski definition) is 8. The zero-order valence-electron chi connectivity index (χ0n) is 16.9. The van der Waals surface area contributed by atoms with E-state index in [1.54, 1.807) is 27.0 Å². The standard InChI is InChI=1S/C20H26N2O7/c1-5-28-18(23)16-14(21-4)11-20(3,25)17(19(24)29-6-2)15(16)12-8-7-9-13(10-12)22(26)27/h7-10,15,17,21,25H,5-6,11H2,1-4H3. The smallest absolute Gasteiger partial charge is 0.336 e. The third kappa shape index (κ3) is 4.56. The normalized spacial score (nSPS) is 24.0. The summed E-state index contributed by atoms with van der Waals surface area (Å²) < 4.78 is 10.4. The van der Waals surface area contributed by atoms with Gasteiger partial charge in [0.2, 0.25) is 0 Å². The number of rotatable bonds is 7. The van der Waals surface area contributed by atoms with Gasteiger partial charge in [0, 0.05) is 37.2 Å². The van der Waals surface area contributed by atoms with Crippen LogP contribution in [0.25, 0.3) is 0 Å². The average molecular weight is 406 g/mol. The minimum atomic E-state index is -1.56. The fourth-order valence-corrected chi connectivity index (χ4v) is 3.77. The number of esters is 2. The summed E-state index contributed by atoms with van der Waals surface area (Å²) in [7, 11) is 1.60. The Bertz CT molecular complexity index is 832. The molecule has 0 amide bonds. The van der Waals surface area contributed by atoms with Crippen LogP contribution in [0, 0.1) is 16.0 Å². The Morgan fingerprint density at radius 3 is 2.52 bits per heavy atom. The second-order valence-electron chi connectivity index (χ2n) is 6.96. The van der Waals surface area contributed by atoms with Crippen molar-refractivity contribution in [3.8, 4) is 0 Å². The molecule has 0 radical (unpaired) electrons. The molecule has 0 saturated heterocycles. The largest absolute Gasteiger partial charge is 0.466 e. The van der Waals surface area contributed by atoms with Gasteiger partial charge in [0.05, 0.1) is 35.2 Å². The predicted octanol–water partition coefficient (Wildman–Crippen LogP) is 2.05. The van der Waals surface area contributed by atoms with Crippen LogP contribution in [0.2, 0.25) is 0 Å². The molecule has 0 aromatic heterocycles. The van der Waals surface area contributed by atoms with Crippen molar-refractivity contribution in [2.24, 2.45) is 5.92 Å². The first-order valence-electron chi connectivity index (χ1n) is 9.39. The second kappa shape index (κ2) is 9.04. The molecule has 2 rings (SSSR count). The SMILES string of the molecule is CCOC(=O)C1=C(NC)CC(C)(O)C(C(=O)OCC)C1c1cccc([N+](=O)[O-])c1. The highest BCUT2D eigenvalue weighted by molar-refractivity contribution is 5.94. The van der Waals surface area contributed by atoms with Gasteiger partial charge in [-0.15, -0.1) is 0 Å². The second-order valence-corrected chi connectivity index (χ2v) is 6.96. The maximum absolute atomic E-state index is 12.8. The molecule has 3 unspecified atom stereocenters. The molecule has 0 saturated carbocycles. The van der Waals surface area contributed by atoms with Crippen molar-refractivity contribution in [2.45, 2.75) is 38.7 Å². The molecule has 0 spiro atoms. The first-order chi connectivity index (χ1) is 13.7. The van der Waals surface area contributed by atoms with E-state index in [4.69, 9.17) is 9.47 Å². The van der Waals surface area contributed by atoms with Crippen LogP contribution >= 0.6 is 0 Å². The third-order valence-electron chi connectivity index (χ3n) is 4.95. The zero-order valence-corrected chi connectivity index (χ0v) is 16.9. The molecular formula is C20H26N2O7. The molecular weight excluding hydrogens is 380 g/mol. The van der Waals surface area contributed by atoms with E-state index in [2.05, 4.69) is 5.32 Å². The maximum Gasteiger partial charge on any atom is 0.336 e. The molecule has 3 atom stereocenters. The Morgan fingerprint density at radius 1 is 1.31 bits per heavy atom. The van der Waals surface area contributed by atoms with Gasteiger partial charge in [-0.2, -0.15) is 0 Å². The van der Waals surface area contributed by atoms with Gasteiger partial charge in [-0.3, -0.25) is 14.9 Å². The number of nitrogens with zero attached hydrogens (tertiary/aromatic N) is 1. The monoisotopic (exact) mass is 406 g/mol.